The van der Waals surface area contributed by atoms with Crippen LogP contribution >= 0.6 is 11.6 Å². The fourth-order valence-electron chi connectivity index (χ4n) is 3.15. The van der Waals surface area contributed by atoms with Gasteiger partial charge in [0.15, 0.2) is 11.5 Å². The van der Waals surface area contributed by atoms with Gasteiger partial charge in [0.2, 0.25) is 0 Å². The van der Waals surface area contributed by atoms with Crippen molar-refractivity contribution in [2.75, 3.05) is 33.9 Å². The van der Waals surface area contributed by atoms with E-state index in [9.17, 15) is 0 Å². The quantitative estimate of drug-likeness (QED) is 0.901. The Balaban J connectivity index is 1.84. The van der Waals surface area contributed by atoms with Crippen molar-refractivity contribution in [2.24, 2.45) is 0 Å². The van der Waals surface area contributed by atoms with Crippen LogP contribution in [0.25, 0.3) is 0 Å². The van der Waals surface area contributed by atoms with Crippen molar-refractivity contribution in [1.82, 2.24) is 15.2 Å². The maximum Gasteiger partial charge on any atom is 0.179 e. The van der Waals surface area contributed by atoms with E-state index in [0.717, 1.165) is 31.7 Å². The molecular weight excluding hydrogens is 326 g/mol. The van der Waals surface area contributed by atoms with E-state index >= 15 is 0 Å². The molecule has 0 spiro atoms. The van der Waals surface area contributed by atoms with Crippen molar-refractivity contribution < 1.29 is 9.47 Å². The number of piperazine rings is 1. The van der Waals surface area contributed by atoms with Crippen LogP contribution in [0.3, 0.4) is 0 Å². The second-order valence-electron chi connectivity index (χ2n) is 5.78. The summed E-state index contributed by atoms with van der Waals surface area (Å²) in [4.78, 5) is 6.56. The van der Waals surface area contributed by atoms with Gasteiger partial charge in [0.05, 0.1) is 19.2 Å². The number of ether oxygens (including phenoxy) is 2. The van der Waals surface area contributed by atoms with Crippen LogP contribution in [0.2, 0.25) is 5.02 Å². The van der Waals surface area contributed by atoms with Crippen LogP contribution in [0, 0.1) is 0 Å². The smallest absolute Gasteiger partial charge is 0.179 e. The predicted octanol–water partition coefficient (Wildman–Crippen LogP) is 2.90. The Labute approximate surface area is 147 Å². The molecule has 1 saturated heterocycles. The van der Waals surface area contributed by atoms with Crippen LogP contribution in [-0.4, -0.2) is 43.7 Å². The van der Waals surface area contributed by atoms with Gasteiger partial charge in [0.1, 0.15) is 0 Å². The minimum atomic E-state index is 0.314. The van der Waals surface area contributed by atoms with E-state index in [1.807, 2.05) is 24.5 Å². The van der Waals surface area contributed by atoms with Crippen molar-refractivity contribution in [2.45, 2.75) is 12.6 Å². The van der Waals surface area contributed by atoms with E-state index < -0.39 is 0 Å². The first-order valence-corrected chi connectivity index (χ1v) is 8.36. The highest BCUT2D eigenvalue weighted by Gasteiger charge is 2.24. The van der Waals surface area contributed by atoms with E-state index in [-0.39, 0.29) is 0 Å². The molecule has 1 aromatic carbocycles. The average Bonchev–Trinajstić information content (AvgIpc) is 2.62. The van der Waals surface area contributed by atoms with E-state index in [4.69, 9.17) is 21.1 Å². The normalized spacial score (nSPS) is 18.4. The van der Waals surface area contributed by atoms with Crippen molar-refractivity contribution in [3.05, 3.63) is 52.8 Å². The molecule has 2 heterocycles. The standard InChI is InChI=1S/C18H22ClN3O2/c1-23-17-10-13(9-15(19)18(17)24-2)12-22-8-7-21-11-16(22)14-3-5-20-6-4-14/h3-6,9-10,16,21H,7-8,11-12H2,1-2H3. The van der Waals surface area contributed by atoms with Crippen molar-refractivity contribution in [1.29, 1.82) is 0 Å². The minimum absolute atomic E-state index is 0.314. The minimum Gasteiger partial charge on any atom is -0.493 e. The summed E-state index contributed by atoms with van der Waals surface area (Å²) >= 11 is 6.34. The monoisotopic (exact) mass is 347 g/mol. The van der Waals surface area contributed by atoms with E-state index in [2.05, 4.69) is 27.3 Å². The molecule has 1 unspecified atom stereocenters. The van der Waals surface area contributed by atoms with Crippen LogP contribution < -0.4 is 14.8 Å². The summed E-state index contributed by atoms with van der Waals surface area (Å²) in [5, 5.41) is 4.04. The third-order valence-corrected chi connectivity index (χ3v) is 4.60. The molecule has 1 N–H and O–H groups in total. The van der Waals surface area contributed by atoms with Crippen LogP contribution in [0.4, 0.5) is 0 Å². The number of nitrogens with zero attached hydrogens (tertiary/aromatic N) is 2. The molecule has 0 bridgehead atoms. The number of hydrogen-bond donors (Lipinski definition) is 1. The molecule has 128 valence electrons. The first-order chi connectivity index (χ1) is 11.7. The van der Waals surface area contributed by atoms with Crippen molar-refractivity contribution in [3.63, 3.8) is 0 Å². The number of hydrogen-bond acceptors (Lipinski definition) is 5. The molecule has 1 fully saturated rings. The van der Waals surface area contributed by atoms with Gasteiger partial charge in [0, 0.05) is 44.6 Å². The maximum absolute atomic E-state index is 6.34. The van der Waals surface area contributed by atoms with Gasteiger partial charge >= 0.3 is 0 Å². The van der Waals surface area contributed by atoms with Gasteiger partial charge in [-0.15, -0.1) is 0 Å². The molecule has 0 amide bonds. The van der Waals surface area contributed by atoms with Gasteiger partial charge in [-0.25, -0.2) is 0 Å². The Hall–Kier alpha value is -1.82. The molecule has 1 atom stereocenters. The summed E-state index contributed by atoms with van der Waals surface area (Å²) in [5.41, 5.74) is 2.38. The topological polar surface area (TPSA) is 46.6 Å². The summed E-state index contributed by atoms with van der Waals surface area (Å²) in [5.74, 6) is 1.24. The highest BCUT2D eigenvalue weighted by atomic mass is 35.5. The lowest BCUT2D eigenvalue weighted by Crippen LogP contribution is -2.45. The summed E-state index contributed by atoms with van der Waals surface area (Å²) in [6.07, 6.45) is 3.69. The van der Waals surface area contributed by atoms with Crippen LogP contribution in [0.15, 0.2) is 36.7 Å². The van der Waals surface area contributed by atoms with E-state index in [1.165, 1.54) is 5.56 Å². The van der Waals surface area contributed by atoms with E-state index in [1.54, 1.807) is 14.2 Å². The average molecular weight is 348 g/mol. The number of nitrogens with one attached hydrogen (secondary N) is 1. The third kappa shape index (κ3) is 3.64. The molecule has 3 rings (SSSR count). The molecule has 2 aromatic rings. The second-order valence-corrected chi connectivity index (χ2v) is 6.19. The first kappa shape index (κ1) is 17.0. The SMILES string of the molecule is COc1cc(CN2CCNCC2c2ccncc2)cc(Cl)c1OC. The molecule has 0 aliphatic carbocycles. The van der Waals surface area contributed by atoms with Crippen LogP contribution in [-0.2, 0) is 6.54 Å². The summed E-state index contributed by atoms with van der Waals surface area (Å²) in [7, 11) is 3.22. The van der Waals surface area contributed by atoms with E-state index in [0.29, 0.717) is 22.6 Å². The van der Waals surface area contributed by atoms with Crippen molar-refractivity contribution >= 4 is 11.6 Å². The highest BCUT2D eigenvalue weighted by Crippen LogP contribution is 2.37. The zero-order valence-corrected chi connectivity index (χ0v) is 14.7. The Bertz CT molecular complexity index is 681. The Morgan fingerprint density at radius 3 is 2.75 bits per heavy atom. The molecule has 1 aliphatic rings. The molecule has 5 nitrogen and oxygen atoms in total. The maximum atomic E-state index is 6.34. The number of rotatable bonds is 5. The Morgan fingerprint density at radius 2 is 2.04 bits per heavy atom. The Morgan fingerprint density at radius 1 is 1.25 bits per heavy atom. The fourth-order valence-corrected chi connectivity index (χ4v) is 3.46. The fraction of sp³-hybridized carbons (Fsp3) is 0.389. The lowest BCUT2D eigenvalue weighted by Gasteiger charge is -2.36. The molecule has 0 radical (unpaired) electrons. The summed E-state index contributed by atoms with van der Waals surface area (Å²) in [6, 6.07) is 8.41. The predicted molar refractivity (Wildman–Crippen MR) is 94.8 cm³/mol. The van der Waals surface area contributed by atoms with Gasteiger partial charge in [-0.1, -0.05) is 11.6 Å². The molecule has 1 aromatic heterocycles. The summed E-state index contributed by atoms with van der Waals surface area (Å²) in [6.45, 7) is 3.67. The Kier molecular flexibility index (Phi) is 5.56. The molecule has 1 aliphatic heterocycles. The zero-order chi connectivity index (χ0) is 16.9. The van der Waals surface area contributed by atoms with Gasteiger partial charge in [-0.3, -0.25) is 9.88 Å². The van der Waals surface area contributed by atoms with Gasteiger partial charge < -0.3 is 14.8 Å². The van der Waals surface area contributed by atoms with Crippen molar-refractivity contribution in [3.8, 4) is 11.5 Å². The third-order valence-electron chi connectivity index (χ3n) is 4.32. The molecular formula is C18H22ClN3O2. The number of benzene rings is 1. The largest absolute Gasteiger partial charge is 0.493 e. The lowest BCUT2D eigenvalue weighted by atomic mass is 10.0. The molecule has 24 heavy (non-hydrogen) atoms. The second kappa shape index (κ2) is 7.83. The summed E-state index contributed by atoms with van der Waals surface area (Å²) < 4.78 is 10.7. The lowest BCUT2D eigenvalue weighted by molar-refractivity contribution is 0.153. The highest BCUT2D eigenvalue weighted by molar-refractivity contribution is 6.32. The number of pyridine rings is 1. The number of halogens is 1. The molecule has 0 saturated carbocycles. The number of aromatic nitrogens is 1. The molecule has 6 heteroatoms. The number of methoxy groups -OCH3 is 2. The zero-order valence-electron chi connectivity index (χ0n) is 14.0. The van der Waals surface area contributed by atoms with Gasteiger partial charge in [0.25, 0.3) is 0 Å². The first-order valence-electron chi connectivity index (χ1n) is 7.98. The van der Waals surface area contributed by atoms with Crippen LogP contribution in [0.1, 0.15) is 17.2 Å². The van der Waals surface area contributed by atoms with Gasteiger partial charge in [-0.05, 0) is 35.4 Å². The van der Waals surface area contributed by atoms with Gasteiger partial charge in [-0.2, -0.15) is 0 Å². The van der Waals surface area contributed by atoms with Crippen LogP contribution in [0.5, 0.6) is 11.5 Å².